The maximum absolute atomic E-state index is 13.6. The second-order valence-corrected chi connectivity index (χ2v) is 5.34. The van der Waals surface area contributed by atoms with E-state index in [4.69, 9.17) is 4.74 Å². The van der Waals surface area contributed by atoms with Gasteiger partial charge in [-0.05, 0) is 24.6 Å². The van der Waals surface area contributed by atoms with Gasteiger partial charge in [0.25, 0.3) is 0 Å². The topological polar surface area (TPSA) is 52.0 Å². The van der Waals surface area contributed by atoms with E-state index in [9.17, 15) is 4.39 Å². The number of nitrogens with zero attached hydrogens (tertiary/aromatic N) is 3. The molecule has 0 saturated carbocycles. The third-order valence-corrected chi connectivity index (χ3v) is 3.20. The molecule has 2 rings (SSSR count). The predicted molar refractivity (Wildman–Crippen MR) is 78.4 cm³/mol. The van der Waals surface area contributed by atoms with Crippen molar-refractivity contribution in [2.75, 3.05) is 0 Å². The lowest BCUT2D eigenvalue weighted by molar-refractivity contribution is 0.289. The Morgan fingerprint density at radius 3 is 2.67 bits per heavy atom. The molecule has 0 fully saturated rings. The third-order valence-electron chi connectivity index (χ3n) is 3.20. The summed E-state index contributed by atoms with van der Waals surface area (Å²) in [5.74, 6) is 1.71. The first-order valence-electron chi connectivity index (χ1n) is 6.96. The number of benzene rings is 1. The van der Waals surface area contributed by atoms with Gasteiger partial charge in [-0.1, -0.05) is 13.8 Å². The van der Waals surface area contributed by atoms with Gasteiger partial charge in [-0.15, -0.1) is 10.2 Å². The number of hydrogen-bond donors (Lipinski definition) is 1. The molecular weight excluding hydrogens is 271 g/mol. The molecule has 0 aliphatic rings. The molecule has 0 atom stereocenters. The van der Waals surface area contributed by atoms with Crippen molar-refractivity contribution in [3.8, 4) is 5.75 Å². The molecule has 114 valence electrons. The Balaban J connectivity index is 2.04. The molecule has 0 aliphatic carbocycles. The molecular formula is C15H21FN4O. The molecule has 0 bridgehead atoms. The van der Waals surface area contributed by atoms with E-state index in [1.807, 2.05) is 38.5 Å². The molecule has 1 N–H and O–H groups in total. The average Bonchev–Trinajstić information content (AvgIpc) is 2.74. The Morgan fingerprint density at radius 2 is 2.05 bits per heavy atom. The second kappa shape index (κ2) is 6.67. The van der Waals surface area contributed by atoms with Crippen molar-refractivity contribution in [3.05, 3.63) is 41.2 Å². The Hall–Kier alpha value is -1.95. The zero-order valence-corrected chi connectivity index (χ0v) is 12.9. The second-order valence-electron chi connectivity index (χ2n) is 5.34. The first-order chi connectivity index (χ1) is 9.95. The highest BCUT2D eigenvalue weighted by atomic mass is 19.1. The van der Waals surface area contributed by atoms with E-state index in [1.165, 1.54) is 12.1 Å². The van der Waals surface area contributed by atoms with Gasteiger partial charge in [-0.3, -0.25) is 0 Å². The number of ether oxygens (including phenoxy) is 1. The molecule has 0 spiro atoms. The van der Waals surface area contributed by atoms with Gasteiger partial charge in [-0.25, -0.2) is 4.39 Å². The number of halogens is 1. The quantitative estimate of drug-likeness (QED) is 0.888. The summed E-state index contributed by atoms with van der Waals surface area (Å²) in [4.78, 5) is 0. The highest BCUT2D eigenvalue weighted by molar-refractivity contribution is 5.29. The fourth-order valence-electron chi connectivity index (χ4n) is 1.85. The highest BCUT2D eigenvalue weighted by Crippen LogP contribution is 2.18. The molecule has 0 saturated heterocycles. The summed E-state index contributed by atoms with van der Waals surface area (Å²) in [7, 11) is 1.87. The maximum Gasteiger partial charge on any atom is 0.170 e. The van der Waals surface area contributed by atoms with Crippen molar-refractivity contribution in [2.45, 2.75) is 40.0 Å². The van der Waals surface area contributed by atoms with Crippen LogP contribution in [0.2, 0.25) is 0 Å². The average molecular weight is 292 g/mol. The zero-order chi connectivity index (χ0) is 15.4. The summed E-state index contributed by atoms with van der Waals surface area (Å²) in [6, 6.07) is 5.07. The normalized spacial score (nSPS) is 11.1. The number of aromatic nitrogens is 3. The largest absolute Gasteiger partial charge is 0.485 e. The molecule has 0 amide bonds. The minimum atomic E-state index is -0.304. The summed E-state index contributed by atoms with van der Waals surface area (Å²) < 4.78 is 21.1. The molecule has 6 heteroatoms. The van der Waals surface area contributed by atoms with Crippen LogP contribution in [0.1, 0.15) is 31.1 Å². The standard InChI is InChI=1S/C15H21FN4O/c1-10(2)17-8-12-5-13(16)7-14(6-12)21-9-15-19-18-11(3)20(15)4/h5-7,10,17H,8-9H2,1-4H3. The fourth-order valence-corrected chi connectivity index (χ4v) is 1.85. The van der Waals surface area contributed by atoms with Crippen LogP contribution in [-0.4, -0.2) is 20.8 Å². The lowest BCUT2D eigenvalue weighted by Gasteiger charge is -2.11. The van der Waals surface area contributed by atoms with Gasteiger partial charge in [-0.2, -0.15) is 0 Å². The van der Waals surface area contributed by atoms with Gasteiger partial charge in [0.05, 0.1) is 0 Å². The zero-order valence-electron chi connectivity index (χ0n) is 12.9. The Labute approximate surface area is 124 Å². The molecule has 5 nitrogen and oxygen atoms in total. The molecule has 21 heavy (non-hydrogen) atoms. The van der Waals surface area contributed by atoms with Crippen LogP contribution >= 0.6 is 0 Å². The van der Waals surface area contributed by atoms with Crippen LogP contribution in [0.3, 0.4) is 0 Å². The molecule has 2 aromatic rings. The van der Waals surface area contributed by atoms with Gasteiger partial charge in [0.1, 0.15) is 24.0 Å². The molecule has 1 heterocycles. The minimum Gasteiger partial charge on any atom is -0.485 e. The van der Waals surface area contributed by atoms with Crippen molar-refractivity contribution in [3.63, 3.8) is 0 Å². The molecule has 1 aromatic carbocycles. The number of aryl methyl sites for hydroxylation is 1. The van der Waals surface area contributed by atoms with Crippen LogP contribution in [0, 0.1) is 12.7 Å². The van der Waals surface area contributed by atoms with Crippen LogP contribution in [-0.2, 0) is 20.2 Å². The van der Waals surface area contributed by atoms with E-state index in [0.717, 1.165) is 11.4 Å². The van der Waals surface area contributed by atoms with E-state index in [-0.39, 0.29) is 12.4 Å². The van der Waals surface area contributed by atoms with Gasteiger partial charge in [0.15, 0.2) is 5.82 Å². The van der Waals surface area contributed by atoms with Crippen LogP contribution in [0.5, 0.6) is 5.75 Å². The Kier molecular flexibility index (Phi) is 4.90. The number of hydrogen-bond acceptors (Lipinski definition) is 4. The van der Waals surface area contributed by atoms with Crippen molar-refractivity contribution in [1.29, 1.82) is 0 Å². The van der Waals surface area contributed by atoms with Gasteiger partial charge < -0.3 is 14.6 Å². The van der Waals surface area contributed by atoms with Crippen molar-refractivity contribution in [1.82, 2.24) is 20.1 Å². The van der Waals surface area contributed by atoms with Crippen molar-refractivity contribution in [2.24, 2.45) is 7.05 Å². The van der Waals surface area contributed by atoms with E-state index in [2.05, 4.69) is 15.5 Å². The lowest BCUT2D eigenvalue weighted by atomic mass is 10.2. The summed E-state index contributed by atoms with van der Waals surface area (Å²) in [6.45, 7) is 6.83. The molecule has 1 aromatic heterocycles. The third kappa shape index (κ3) is 4.26. The van der Waals surface area contributed by atoms with Crippen LogP contribution in [0.4, 0.5) is 4.39 Å². The SMILES string of the molecule is Cc1nnc(COc2cc(F)cc(CNC(C)C)c2)n1C. The van der Waals surface area contributed by atoms with E-state index in [1.54, 1.807) is 0 Å². The van der Waals surface area contributed by atoms with Gasteiger partial charge in [0, 0.05) is 25.7 Å². The smallest absolute Gasteiger partial charge is 0.170 e. The van der Waals surface area contributed by atoms with Gasteiger partial charge >= 0.3 is 0 Å². The summed E-state index contributed by atoms with van der Waals surface area (Å²) in [6.07, 6.45) is 0. The first-order valence-corrected chi connectivity index (χ1v) is 6.96. The summed E-state index contributed by atoms with van der Waals surface area (Å²) >= 11 is 0. The van der Waals surface area contributed by atoms with E-state index < -0.39 is 0 Å². The van der Waals surface area contributed by atoms with Crippen LogP contribution in [0.15, 0.2) is 18.2 Å². The van der Waals surface area contributed by atoms with E-state index in [0.29, 0.717) is 24.2 Å². The number of nitrogens with one attached hydrogen (secondary N) is 1. The summed E-state index contributed by atoms with van der Waals surface area (Å²) in [5.41, 5.74) is 0.854. The highest BCUT2D eigenvalue weighted by Gasteiger charge is 2.07. The van der Waals surface area contributed by atoms with Crippen molar-refractivity contribution >= 4 is 0 Å². The summed E-state index contributed by atoms with van der Waals surface area (Å²) in [5, 5.41) is 11.2. The molecule has 0 aliphatic heterocycles. The predicted octanol–water partition coefficient (Wildman–Crippen LogP) is 2.34. The van der Waals surface area contributed by atoms with Gasteiger partial charge in [0.2, 0.25) is 0 Å². The maximum atomic E-state index is 13.6. The van der Waals surface area contributed by atoms with Crippen LogP contribution in [0.25, 0.3) is 0 Å². The first kappa shape index (κ1) is 15.4. The lowest BCUT2D eigenvalue weighted by Crippen LogP contribution is -2.21. The fraction of sp³-hybridized carbons (Fsp3) is 0.467. The Bertz CT molecular complexity index is 610. The minimum absolute atomic E-state index is 0.262. The molecule has 0 unspecified atom stereocenters. The number of rotatable bonds is 6. The van der Waals surface area contributed by atoms with Crippen LogP contribution < -0.4 is 10.1 Å². The Morgan fingerprint density at radius 1 is 1.29 bits per heavy atom. The van der Waals surface area contributed by atoms with Crippen molar-refractivity contribution < 1.29 is 9.13 Å². The van der Waals surface area contributed by atoms with E-state index >= 15 is 0 Å². The monoisotopic (exact) mass is 292 g/mol. The molecule has 0 radical (unpaired) electrons.